The molecule has 12 aromatic carbocycles. The number of benzene rings is 12. The topological polar surface area (TPSA) is 9.86 Å². The molecule has 0 saturated carbocycles. The van der Waals surface area contributed by atoms with Crippen molar-refractivity contribution in [1.82, 2.24) is 9.13 Å². The minimum atomic E-state index is -0.140. The molecule has 17 rings (SSSR count). The fourth-order valence-corrected chi connectivity index (χ4v) is 14.2. The first kappa shape index (κ1) is 49.1. The summed E-state index contributed by atoms with van der Waals surface area (Å²) in [6, 6.07) is 88.3. The van der Waals surface area contributed by atoms with E-state index in [2.05, 4.69) is 326 Å². The molecular weight excluding hydrogens is 1020 g/mol. The van der Waals surface area contributed by atoms with Gasteiger partial charge >= 0.3 is 0 Å². The van der Waals surface area contributed by atoms with Crippen molar-refractivity contribution in [3.63, 3.8) is 0 Å². The normalized spacial score (nSPS) is 16.0. The summed E-state index contributed by atoms with van der Waals surface area (Å²) in [7, 11) is 0. The SMILES string of the molecule is CC1(C)c2cc(C=Cc3ccc4cc(-c5ccc6c(c5)c5ccccc5n6C5=CC6C=CC=CC6C=C5)ccc4c3)ccc2-c2ccc(C=Cc3ccc4cc(-c5ccc6c(c5)c5ccccc5n6-c5ccc6ccccc6c5)ccc4c3)cc21. The number of hydrogen-bond donors (Lipinski definition) is 0. The van der Waals surface area contributed by atoms with Gasteiger partial charge in [-0.3, -0.25) is 0 Å². The third-order valence-electron chi connectivity index (χ3n) is 18.7. The molecule has 2 atom stereocenters. The van der Waals surface area contributed by atoms with E-state index in [0.717, 1.165) is 0 Å². The first-order chi connectivity index (χ1) is 41.8. The van der Waals surface area contributed by atoms with Crippen LogP contribution >= 0.6 is 0 Å². The second-order valence-corrected chi connectivity index (χ2v) is 24.1. The summed E-state index contributed by atoms with van der Waals surface area (Å²) in [5.74, 6) is 0.807. The molecule has 0 spiro atoms. The Morgan fingerprint density at radius 2 is 0.765 bits per heavy atom. The Bertz CT molecular complexity index is 5350. The van der Waals surface area contributed by atoms with Gasteiger partial charge in [-0.1, -0.05) is 238 Å². The third-order valence-corrected chi connectivity index (χ3v) is 18.7. The second-order valence-electron chi connectivity index (χ2n) is 24.1. The molecule has 2 nitrogen and oxygen atoms in total. The van der Waals surface area contributed by atoms with Crippen LogP contribution in [0.2, 0.25) is 0 Å². The average molecular weight is 1080 g/mol. The Hall–Kier alpha value is -10.5. The van der Waals surface area contributed by atoms with E-state index in [1.165, 1.54) is 154 Å². The molecule has 2 heterocycles. The molecule has 2 heteroatoms. The number of allylic oxidation sites excluding steroid dienone is 8. The van der Waals surface area contributed by atoms with Crippen LogP contribution in [-0.4, -0.2) is 9.13 Å². The van der Waals surface area contributed by atoms with Gasteiger partial charge in [0.05, 0.1) is 22.1 Å². The van der Waals surface area contributed by atoms with Gasteiger partial charge in [-0.2, -0.15) is 0 Å². The minimum absolute atomic E-state index is 0.140. The lowest BCUT2D eigenvalue weighted by Crippen LogP contribution is -2.15. The molecule has 0 N–H and O–H groups in total. The molecule has 85 heavy (non-hydrogen) atoms. The Morgan fingerprint density at radius 3 is 1.38 bits per heavy atom. The maximum atomic E-state index is 2.44. The fourth-order valence-electron chi connectivity index (χ4n) is 14.2. The van der Waals surface area contributed by atoms with Crippen molar-refractivity contribution in [2.45, 2.75) is 19.3 Å². The van der Waals surface area contributed by atoms with Crippen LogP contribution < -0.4 is 0 Å². The maximum Gasteiger partial charge on any atom is 0.0541 e. The molecule has 3 aliphatic rings. The lowest BCUT2D eigenvalue weighted by molar-refractivity contribution is 0.659. The van der Waals surface area contributed by atoms with Gasteiger partial charge in [0.25, 0.3) is 0 Å². The predicted molar refractivity (Wildman–Crippen MR) is 364 cm³/mol. The highest BCUT2D eigenvalue weighted by Crippen LogP contribution is 2.50. The van der Waals surface area contributed by atoms with Crippen LogP contribution in [-0.2, 0) is 5.41 Å². The first-order valence-electron chi connectivity index (χ1n) is 29.9. The second kappa shape index (κ2) is 19.3. The van der Waals surface area contributed by atoms with E-state index in [-0.39, 0.29) is 5.41 Å². The number of para-hydroxylation sites is 2. The van der Waals surface area contributed by atoms with E-state index in [4.69, 9.17) is 0 Å². The standard InChI is InChI=1S/C83H58N2/c1-83(2)77-45-55(21-19-53-23-27-63-47-65(31-29-61(63)43-53)67-35-41-81-75(51-67)73-15-7-9-17-79(73)84(81)69-37-33-57-11-3-5-13-59(57)49-69)25-39-71(77)72-40-26-56(46-78(72)83)22-20-54-24-28-64-48-66(32-30-62(64)44-54)68-36-42-82-76(52-68)74-16-8-10-18-80(74)85(82)70-38-34-58-12-4-6-14-60(58)50-70/h3-52,57,59H,1-2H3. The molecule has 2 aromatic heterocycles. The summed E-state index contributed by atoms with van der Waals surface area (Å²) in [5, 5.41) is 12.5. The molecule has 400 valence electrons. The van der Waals surface area contributed by atoms with E-state index in [1.54, 1.807) is 0 Å². The van der Waals surface area contributed by atoms with Gasteiger partial charge in [-0.05, 0) is 178 Å². The average Bonchev–Trinajstić information content (AvgIpc) is 1.83. The zero-order valence-corrected chi connectivity index (χ0v) is 47.4. The van der Waals surface area contributed by atoms with Gasteiger partial charge in [-0.15, -0.1) is 0 Å². The summed E-state index contributed by atoms with van der Waals surface area (Å²) in [6.07, 6.45) is 25.1. The molecule has 14 aromatic rings. The maximum absolute atomic E-state index is 2.44. The zero-order chi connectivity index (χ0) is 56.3. The number of fused-ring (bicyclic) bond motifs is 13. The van der Waals surface area contributed by atoms with Crippen molar-refractivity contribution < 1.29 is 0 Å². The quantitative estimate of drug-likeness (QED) is 0.134. The van der Waals surface area contributed by atoms with Gasteiger partial charge in [0.15, 0.2) is 0 Å². The van der Waals surface area contributed by atoms with Crippen molar-refractivity contribution in [2.75, 3.05) is 0 Å². The number of rotatable bonds is 8. The van der Waals surface area contributed by atoms with Crippen molar-refractivity contribution in [3.8, 4) is 39.1 Å². The highest BCUT2D eigenvalue weighted by Gasteiger charge is 2.35. The Kier molecular flexibility index (Phi) is 11.1. The molecule has 0 aliphatic heterocycles. The van der Waals surface area contributed by atoms with E-state index in [0.29, 0.717) is 11.8 Å². The van der Waals surface area contributed by atoms with E-state index in [9.17, 15) is 0 Å². The largest absolute Gasteiger partial charge is 0.310 e. The van der Waals surface area contributed by atoms with Gasteiger partial charge in [-0.25, -0.2) is 0 Å². The van der Waals surface area contributed by atoms with Crippen LogP contribution in [0, 0.1) is 11.8 Å². The van der Waals surface area contributed by atoms with E-state index >= 15 is 0 Å². The number of aromatic nitrogens is 2. The third kappa shape index (κ3) is 8.23. The molecule has 0 bridgehead atoms. The van der Waals surface area contributed by atoms with Crippen LogP contribution in [0.5, 0.6) is 0 Å². The molecule has 0 fully saturated rings. The molecule has 2 unspecified atom stereocenters. The number of nitrogens with zero attached hydrogens (tertiary/aromatic N) is 2. The molecule has 3 aliphatic carbocycles. The van der Waals surface area contributed by atoms with Crippen LogP contribution in [0.1, 0.15) is 47.2 Å². The Balaban J connectivity index is 0.591. The van der Waals surface area contributed by atoms with Crippen LogP contribution in [0.15, 0.2) is 279 Å². The summed E-state index contributed by atoms with van der Waals surface area (Å²) in [6.45, 7) is 4.75. The summed E-state index contributed by atoms with van der Waals surface area (Å²) >= 11 is 0. The Morgan fingerprint density at radius 1 is 0.329 bits per heavy atom. The summed E-state index contributed by atoms with van der Waals surface area (Å²) < 4.78 is 4.85. The smallest absolute Gasteiger partial charge is 0.0541 e. The lowest BCUT2D eigenvalue weighted by Gasteiger charge is -2.24. The van der Waals surface area contributed by atoms with Crippen LogP contribution in [0.25, 0.3) is 145 Å². The van der Waals surface area contributed by atoms with Gasteiger partial charge in [0, 0.05) is 50.2 Å². The molecule has 0 saturated heterocycles. The van der Waals surface area contributed by atoms with Gasteiger partial charge in [0.1, 0.15) is 0 Å². The van der Waals surface area contributed by atoms with E-state index in [1.807, 2.05) is 0 Å². The van der Waals surface area contributed by atoms with Gasteiger partial charge < -0.3 is 9.13 Å². The monoisotopic (exact) mass is 1080 g/mol. The van der Waals surface area contributed by atoms with E-state index < -0.39 is 0 Å². The highest BCUT2D eigenvalue weighted by atomic mass is 15.0. The van der Waals surface area contributed by atoms with Crippen molar-refractivity contribution >= 4 is 106 Å². The minimum Gasteiger partial charge on any atom is -0.310 e. The van der Waals surface area contributed by atoms with Crippen LogP contribution in [0.4, 0.5) is 0 Å². The van der Waals surface area contributed by atoms with Crippen molar-refractivity contribution in [1.29, 1.82) is 0 Å². The summed E-state index contributed by atoms with van der Waals surface area (Å²) in [4.78, 5) is 0. The van der Waals surface area contributed by atoms with Gasteiger partial charge in [0.2, 0.25) is 0 Å². The van der Waals surface area contributed by atoms with Crippen molar-refractivity contribution in [2.24, 2.45) is 11.8 Å². The molecule has 0 radical (unpaired) electrons. The number of hydrogen-bond acceptors (Lipinski definition) is 0. The fraction of sp³-hybridized carbons (Fsp3) is 0.0602. The molecular formula is C83H58N2. The lowest BCUT2D eigenvalue weighted by atomic mass is 9.81. The predicted octanol–water partition coefficient (Wildman–Crippen LogP) is 22.1. The Labute approximate surface area is 494 Å². The molecule has 0 amide bonds. The van der Waals surface area contributed by atoms with Crippen molar-refractivity contribution in [3.05, 3.63) is 313 Å². The van der Waals surface area contributed by atoms with Crippen LogP contribution in [0.3, 0.4) is 0 Å². The first-order valence-corrected chi connectivity index (χ1v) is 29.9. The zero-order valence-electron chi connectivity index (χ0n) is 47.4. The summed E-state index contributed by atoms with van der Waals surface area (Å²) in [5.41, 5.74) is 22.3. The highest BCUT2D eigenvalue weighted by molar-refractivity contribution is 6.13.